The molecule has 0 saturated carbocycles. The third-order valence-corrected chi connectivity index (χ3v) is 2.40. The van der Waals surface area contributed by atoms with E-state index in [0.29, 0.717) is 5.62 Å². The molecule has 5 heteroatoms. The van der Waals surface area contributed by atoms with Gasteiger partial charge in [0.15, 0.2) is 0 Å². The van der Waals surface area contributed by atoms with Crippen molar-refractivity contribution in [2.45, 2.75) is 13.5 Å². The lowest BCUT2D eigenvalue weighted by Crippen LogP contribution is -2.26. The molecule has 17 heavy (non-hydrogen) atoms. The van der Waals surface area contributed by atoms with Gasteiger partial charge in [0, 0.05) is 19.3 Å². The third kappa shape index (κ3) is 2.50. The molecule has 0 bridgehead atoms. The number of rotatable bonds is 3. The normalized spacial score (nSPS) is 11.5. The van der Waals surface area contributed by atoms with Crippen LogP contribution in [0, 0.1) is 0 Å². The molecule has 5 nitrogen and oxygen atoms in total. The fourth-order valence-electron chi connectivity index (χ4n) is 1.59. The van der Waals surface area contributed by atoms with Crippen LogP contribution in [0.1, 0.15) is 6.92 Å². The maximum absolute atomic E-state index is 4.23. The van der Waals surface area contributed by atoms with Gasteiger partial charge in [-0.2, -0.15) is 0 Å². The Morgan fingerprint density at radius 1 is 1.24 bits per heavy atom. The molecule has 2 rings (SSSR count). The van der Waals surface area contributed by atoms with Gasteiger partial charge in [0.25, 0.3) is 0 Å². The van der Waals surface area contributed by atoms with Gasteiger partial charge >= 0.3 is 0 Å². The van der Waals surface area contributed by atoms with E-state index < -0.39 is 0 Å². The van der Waals surface area contributed by atoms with Crippen molar-refractivity contribution in [1.82, 2.24) is 14.5 Å². The molecule has 1 N–H and O–H groups in total. The van der Waals surface area contributed by atoms with Crippen molar-refractivity contribution in [3.05, 3.63) is 42.3 Å². The molecule has 0 fully saturated rings. The van der Waals surface area contributed by atoms with Gasteiger partial charge in [0.05, 0.1) is 0 Å². The first-order chi connectivity index (χ1) is 8.35. The molecule has 0 unspecified atom stereocenters. The van der Waals surface area contributed by atoms with E-state index in [4.69, 9.17) is 0 Å². The zero-order chi connectivity index (χ0) is 12.1. The highest BCUT2D eigenvalue weighted by Gasteiger charge is 2.02. The largest absolute Gasteiger partial charge is 0.325 e. The number of nitrogens with zero attached hydrogens (tertiary/aromatic N) is 4. The highest BCUT2D eigenvalue weighted by molar-refractivity contribution is 5.52. The zero-order valence-corrected chi connectivity index (χ0v) is 9.96. The molecule has 1 heterocycles. The van der Waals surface area contributed by atoms with Gasteiger partial charge in [-0.15, -0.1) is 0 Å². The van der Waals surface area contributed by atoms with Crippen LogP contribution in [-0.2, 0) is 6.54 Å². The number of aromatic nitrogens is 3. The summed E-state index contributed by atoms with van der Waals surface area (Å²) in [5, 5.41) is 3.25. The van der Waals surface area contributed by atoms with Crippen LogP contribution in [0.4, 0.5) is 11.6 Å². The first-order valence-electron chi connectivity index (χ1n) is 5.52. The number of para-hydroxylation sites is 1. The Bertz CT molecular complexity index is 544. The van der Waals surface area contributed by atoms with Gasteiger partial charge < -0.3 is 5.32 Å². The van der Waals surface area contributed by atoms with Crippen LogP contribution in [0.3, 0.4) is 0 Å². The summed E-state index contributed by atoms with van der Waals surface area (Å²) in [6.07, 6.45) is 1.51. The molecule has 0 atom stereocenters. The van der Waals surface area contributed by atoms with E-state index in [1.165, 1.54) is 6.33 Å². The lowest BCUT2D eigenvalue weighted by molar-refractivity contribution is 0.666. The maximum Gasteiger partial charge on any atom is 0.228 e. The van der Waals surface area contributed by atoms with Crippen LogP contribution in [0.15, 0.2) is 41.7 Å². The third-order valence-electron chi connectivity index (χ3n) is 2.40. The monoisotopic (exact) mass is 229 g/mol. The molecular weight excluding hydrogens is 214 g/mol. The minimum atomic E-state index is 0.668. The summed E-state index contributed by atoms with van der Waals surface area (Å²) in [5.41, 5.74) is 1.66. The van der Waals surface area contributed by atoms with Crippen LogP contribution in [0.25, 0.3) is 0 Å². The highest BCUT2D eigenvalue weighted by atomic mass is 15.2. The van der Waals surface area contributed by atoms with Gasteiger partial charge in [-0.25, -0.2) is 9.97 Å². The van der Waals surface area contributed by atoms with Crippen molar-refractivity contribution >= 4 is 11.6 Å². The molecular formula is C12H15N5. The first kappa shape index (κ1) is 11.3. The van der Waals surface area contributed by atoms with Crippen LogP contribution < -0.4 is 10.9 Å². The molecule has 0 aliphatic heterocycles. The minimum Gasteiger partial charge on any atom is -0.325 e. The Kier molecular flexibility index (Phi) is 3.49. The summed E-state index contributed by atoms with van der Waals surface area (Å²) >= 11 is 0. The zero-order valence-electron chi connectivity index (χ0n) is 9.96. The summed E-state index contributed by atoms with van der Waals surface area (Å²) in [6, 6.07) is 9.91. The molecule has 0 spiro atoms. The van der Waals surface area contributed by atoms with Crippen molar-refractivity contribution in [2.24, 2.45) is 4.99 Å². The second-order valence-corrected chi connectivity index (χ2v) is 3.46. The van der Waals surface area contributed by atoms with Crippen molar-refractivity contribution in [1.29, 1.82) is 0 Å². The molecule has 1 aromatic carbocycles. The Morgan fingerprint density at radius 2 is 2.00 bits per heavy atom. The predicted molar refractivity (Wildman–Crippen MR) is 66.9 cm³/mol. The van der Waals surface area contributed by atoms with Gasteiger partial charge in [0.2, 0.25) is 11.6 Å². The SMILES string of the molecule is CCn1c(Nc2ccccc2)ncnc1=NC. The lowest BCUT2D eigenvalue weighted by Gasteiger charge is -2.11. The fourth-order valence-corrected chi connectivity index (χ4v) is 1.59. The number of anilines is 2. The molecule has 2 aromatic rings. The minimum absolute atomic E-state index is 0.668. The quantitative estimate of drug-likeness (QED) is 0.869. The van der Waals surface area contributed by atoms with Crippen LogP contribution in [0.5, 0.6) is 0 Å². The van der Waals surface area contributed by atoms with Crippen LogP contribution in [-0.4, -0.2) is 21.6 Å². The summed E-state index contributed by atoms with van der Waals surface area (Å²) < 4.78 is 1.92. The maximum atomic E-state index is 4.23. The summed E-state index contributed by atoms with van der Waals surface area (Å²) in [6.45, 7) is 2.80. The van der Waals surface area contributed by atoms with E-state index in [0.717, 1.165) is 18.2 Å². The van der Waals surface area contributed by atoms with E-state index >= 15 is 0 Å². The van der Waals surface area contributed by atoms with E-state index in [1.807, 2.05) is 41.8 Å². The van der Waals surface area contributed by atoms with Gasteiger partial charge in [-0.1, -0.05) is 18.2 Å². The summed E-state index contributed by atoms with van der Waals surface area (Å²) in [5.74, 6) is 0.745. The number of nitrogens with one attached hydrogen (secondary N) is 1. The summed E-state index contributed by atoms with van der Waals surface area (Å²) in [4.78, 5) is 12.5. The van der Waals surface area contributed by atoms with Crippen LogP contribution in [0.2, 0.25) is 0 Å². The molecule has 0 aliphatic carbocycles. The number of hydrogen-bond acceptors (Lipinski definition) is 4. The van der Waals surface area contributed by atoms with Crippen molar-refractivity contribution < 1.29 is 0 Å². The molecule has 0 amide bonds. The summed E-state index contributed by atoms with van der Waals surface area (Å²) in [7, 11) is 1.72. The van der Waals surface area contributed by atoms with Gasteiger partial charge in [-0.05, 0) is 19.1 Å². The highest BCUT2D eigenvalue weighted by Crippen LogP contribution is 2.11. The number of hydrogen-bond donors (Lipinski definition) is 1. The first-order valence-corrected chi connectivity index (χ1v) is 5.52. The second kappa shape index (κ2) is 5.25. The number of benzene rings is 1. The molecule has 88 valence electrons. The molecule has 0 radical (unpaired) electrons. The van der Waals surface area contributed by atoms with Crippen LogP contribution >= 0.6 is 0 Å². The average Bonchev–Trinajstić information content (AvgIpc) is 2.39. The topological polar surface area (TPSA) is 55.1 Å². The fraction of sp³-hybridized carbons (Fsp3) is 0.250. The standard InChI is InChI=1S/C12H15N5/c1-3-17-11(13-2)14-9-15-12(17)16-10-7-5-4-6-8-10/h4-9H,3H2,1-2H3,(H,13,14,15,16). The Labute approximate surface area is 99.9 Å². The molecule has 0 saturated heterocycles. The Hall–Kier alpha value is -2.17. The second-order valence-electron chi connectivity index (χ2n) is 3.46. The van der Waals surface area contributed by atoms with Crippen molar-refractivity contribution in [2.75, 3.05) is 12.4 Å². The van der Waals surface area contributed by atoms with E-state index in [2.05, 4.69) is 20.3 Å². The molecule has 1 aromatic heterocycles. The molecule has 0 aliphatic rings. The van der Waals surface area contributed by atoms with Gasteiger partial charge in [0.1, 0.15) is 6.33 Å². The van der Waals surface area contributed by atoms with E-state index in [9.17, 15) is 0 Å². The van der Waals surface area contributed by atoms with Crippen molar-refractivity contribution in [3.8, 4) is 0 Å². The lowest BCUT2D eigenvalue weighted by atomic mass is 10.3. The smallest absolute Gasteiger partial charge is 0.228 e. The van der Waals surface area contributed by atoms with Crippen molar-refractivity contribution in [3.63, 3.8) is 0 Å². The van der Waals surface area contributed by atoms with Gasteiger partial charge in [-0.3, -0.25) is 9.56 Å². The Morgan fingerprint density at radius 3 is 2.65 bits per heavy atom. The predicted octanol–water partition coefficient (Wildman–Crippen LogP) is 1.57. The Balaban J connectivity index is 2.40. The van der Waals surface area contributed by atoms with E-state index in [-0.39, 0.29) is 0 Å². The average molecular weight is 229 g/mol. The van der Waals surface area contributed by atoms with E-state index in [1.54, 1.807) is 7.05 Å².